The van der Waals surface area contributed by atoms with Crippen LogP contribution in [0.4, 0.5) is 0 Å². The second-order valence-electron chi connectivity index (χ2n) is 4.11. The van der Waals surface area contributed by atoms with E-state index in [1.54, 1.807) is 7.11 Å². The maximum Gasteiger partial charge on any atom is 0.0705 e. The van der Waals surface area contributed by atoms with Gasteiger partial charge < -0.3 is 10.5 Å². The first-order valence-electron chi connectivity index (χ1n) is 6.14. The third-order valence-corrected chi connectivity index (χ3v) is 2.97. The van der Waals surface area contributed by atoms with Crippen molar-refractivity contribution in [3.8, 4) is 0 Å². The van der Waals surface area contributed by atoms with E-state index in [-0.39, 0.29) is 6.10 Å². The highest BCUT2D eigenvalue weighted by Crippen LogP contribution is 2.05. The minimum atomic E-state index is 0.168. The first kappa shape index (κ1) is 14.1. The molecule has 1 atom stereocenters. The first-order chi connectivity index (χ1) is 8.30. The Kier molecular flexibility index (Phi) is 6.77. The van der Waals surface area contributed by atoms with Crippen LogP contribution in [-0.4, -0.2) is 42.7 Å². The third-order valence-electron chi connectivity index (χ3n) is 2.97. The molecule has 0 amide bonds. The Morgan fingerprint density at radius 3 is 2.65 bits per heavy atom. The molecule has 0 bridgehead atoms. The van der Waals surface area contributed by atoms with Crippen LogP contribution in [0, 0.1) is 0 Å². The van der Waals surface area contributed by atoms with Crippen LogP contribution in [0.5, 0.6) is 0 Å². The number of aromatic nitrogens is 1. The summed E-state index contributed by atoms with van der Waals surface area (Å²) in [6, 6.07) is 4.11. The van der Waals surface area contributed by atoms with E-state index in [1.807, 2.05) is 12.4 Å². The molecule has 0 spiro atoms. The SMILES string of the molecule is CCN(CCC(CN)OC)Cc1ccncc1. The Balaban J connectivity index is 2.38. The molecule has 1 rings (SSSR count). The van der Waals surface area contributed by atoms with E-state index in [0.29, 0.717) is 6.54 Å². The van der Waals surface area contributed by atoms with Crippen LogP contribution in [0.25, 0.3) is 0 Å². The summed E-state index contributed by atoms with van der Waals surface area (Å²) in [6.07, 6.45) is 4.81. The predicted octanol–water partition coefficient (Wildman–Crippen LogP) is 1.27. The topological polar surface area (TPSA) is 51.4 Å². The van der Waals surface area contributed by atoms with Crippen molar-refractivity contribution in [3.05, 3.63) is 30.1 Å². The fraction of sp³-hybridized carbons (Fsp3) is 0.615. The summed E-state index contributed by atoms with van der Waals surface area (Å²) in [6.45, 7) is 5.76. The summed E-state index contributed by atoms with van der Waals surface area (Å²) < 4.78 is 5.28. The minimum Gasteiger partial charge on any atom is -0.380 e. The lowest BCUT2D eigenvalue weighted by molar-refractivity contribution is 0.0891. The standard InChI is InChI=1S/C13H23N3O/c1-3-16(9-6-13(10-14)17-2)11-12-4-7-15-8-5-12/h4-5,7-8,13H,3,6,9-11,14H2,1-2H3. The molecule has 0 aromatic carbocycles. The van der Waals surface area contributed by atoms with Gasteiger partial charge in [-0.05, 0) is 30.7 Å². The molecular formula is C13H23N3O. The van der Waals surface area contributed by atoms with Gasteiger partial charge in [0.2, 0.25) is 0 Å². The molecule has 0 saturated heterocycles. The Labute approximate surface area is 104 Å². The second-order valence-corrected chi connectivity index (χ2v) is 4.11. The summed E-state index contributed by atoms with van der Waals surface area (Å²) >= 11 is 0. The van der Waals surface area contributed by atoms with Gasteiger partial charge in [0.1, 0.15) is 0 Å². The van der Waals surface area contributed by atoms with Gasteiger partial charge in [-0.3, -0.25) is 9.88 Å². The van der Waals surface area contributed by atoms with Crippen LogP contribution in [0.15, 0.2) is 24.5 Å². The average Bonchev–Trinajstić information content (AvgIpc) is 2.39. The first-order valence-corrected chi connectivity index (χ1v) is 6.14. The number of nitrogens with two attached hydrogens (primary N) is 1. The number of ether oxygens (including phenoxy) is 1. The molecule has 2 N–H and O–H groups in total. The summed E-state index contributed by atoms with van der Waals surface area (Å²) in [4.78, 5) is 6.41. The van der Waals surface area contributed by atoms with Crippen LogP contribution in [0.3, 0.4) is 0 Å². The van der Waals surface area contributed by atoms with Gasteiger partial charge in [0.25, 0.3) is 0 Å². The monoisotopic (exact) mass is 237 g/mol. The fourth-order valence-corrected chi connectivity index (χ4v) is 1.75. The van der Waals surface area contributed by atoms with Crippen LogP contribution < -0.4 is 5.73 Å². The maximum atomic E-state index is 5.61. The molecule has 1 unspecified atom stereocenters. The molecule has 0 radical (unpaired) electrons. The van der Waals surface area contributed by atoms with Crippen LogP contribution in [0.1, 0.15) is 18.9 Å². The lowest BCUT2D eigenvalue weighted by atomic mass is 10.2. The number of hydrogen-bond acceptors (Lipinski definition) is 4. The van der Waals surface area contributed by atoms with Crippen LogP contribution in [0.2, 0.25) is 0 Å². The van der Waals surface area contributed by atoms with E-state index in [4.69, 9.17) is 10.5 Å². The van der Waals surface area contributed by atoms with Gasteiger partial charge in [-0.25, -0.2) is 0 Å². The molecule has 1 heterocycles. The largest absolute Gasteiger partial charge is 0.380 e. The average molecular weight is 237 g/mol. The van der Waals surface area contributed by atoms with Crippen LogP contribution >= 0.6 is 0 Å². The number of methoxy groups -OCH3 is 1. The minimum absolute atomic E-state index is 0.168. The van der Waals surface area contributed by atoms with E-state index in [2.05, 4.69) is 28.9 Å². The molecule has 0 fully saturated rings. The molecule has 4 heteroatoms. The fourth-order valence-electron chi connectivity index (χ4n) is 1.75. The van der Waals surface area contributed by atoms with Crippen molar-refractivity contribution in [3.63, 3.8) is 0 Å². The van der Waals surface area contributed by atoms with Crippen molar-refractivity contribution < 1.29 is 4.74 Å². The molecule has 0 aliphatic heterocycles. The zero-order chi connectivity index (χ0) is 12.5. The van der Waals surface area contributed by atoms with E-state index in [0.717, 1.165) is 26.1 Å². The number of nitrogens with zero attached hydrogens (tertiary/aromatic N) is 2. The highest BCUT2D eigenvalue weighted by molar-refractivity contribution is 5.09. The lowest BCUT2D eigenvalue weighted by Gasteiger charge is -2.22. The van der Waals surface area contributed by atoms with Crippen molar-refractivity contribution >= 4 is 0 Å². The van der Waals surface area contributed by atoms with Crippen molar-refractivity contribution in [2.45, 2.75) is 26.0 Å². The molecule has 0 aliphatic rings. The van der Waals surface area contributed by atoms with E-state index in [9.17, 15) is 0 Å². The molecule has 1 aromatic heterocycles. The molecular weight excluding hydrogens is 214 g/mol. The van der Waals surface area contributed by atoms with Crippen LogP contribution in [-0.2, 0) is 11.3 Å². The van der Waals surface area contributed by atoms with E-state index in [1.165, 1.54) is 5.56 Å². The Hall–Kier alpha value is -0.970. The van der Waals surface area contributed by atoms with E-state index >= 15 is 0 Å². The number of hydrogen-bond donors (Lipinski definition) is 1. The summed E-state index contributed by atoms with van der Waals surface area (Å²) in [7, 11) is 1.72. The van der Waals surface area contributed by atoms with Gasteiger partial charge in [-0.15, -0.1) is 0 Å². The normalized spacial score (nSPS) is 12.9. The predicted molar refractivity (Wildman–Crippen MR) is 69.7 cm³/mol. The highest BCUT2D eigenvalue weighted by atomic mass is 16.5. The molecule has 4 nitrogen and oxygen atoms in total. The van der Waals surface area contributed by atoms with Crippen molar-refractivity contribution in [1.29, 1.82) is 0 Å². The van der Waals surface area contributed by atoms with Crippen molar-refractivity contribution in [2.24, 2.45) is 5.73 Å². The van der Waals surface area contributed by atoms with E-state index < -0.39 is 0 Å². The quantitative estimate of drug-likeness (QED) is 0.739. The Morgan fingerprint density at radius 2 is 2.12 bits per heavy atom. The number of rotatable bonds is 8. The van der Waals surface area contributed by atoms with Gasteiger partial charge in [0, 0.05) is 39.1 Å². The summed E-state index contributed by atoms with van der Waals surface area (Å²) in [5.41, 5.74) is 6.91. The molecule has 0 aliphatic carbocycles. The molecule has 1 aromatic rings. The van der Waals surface area contributed by atoms with Crippen molar-refractivity contribution in [1.82, 2.24) is 9.88 Å². The van der Waals surface area contributed by atoms with Gasteiger partial charge in [0.05, 0.1) is 6.10 Å². The Bertz CT molecular complexity index is 288. The van der Waals surface area contributed by atoms with Gasteiger partial charge in [-0.2, -0.15) is 0 Å². The second kappa shape index (κ2) is 8.17. The van der Waals surface area contributed by atoms with Gasteiger partial charge in [-0.1, -0.05) is 6.92 Å². The highest BCUT2D eigenvalue weighted by Gasteiger charge is 2.08. The molecule has 96 valence electrons. The zero-order valence-corrected chi connectivity index (χ0v) is 10.8. The smallest absolute Gasteiger partial charge is 0.0705 e. The van der Waals surface area contributed by atoms with Gasteiger partial charge in [0.15, 0.2) is 0 Å². The zero-order valence-electron chi connectivity index (χ0n) is 10.8. The Morgan fingerprint density at radius 1 is 1.41 bits per heavy atom. The molecule has 0 saturated carbocycles. The third kappa shape index (κ3) is 5.26. The molecule has 17 heavy (non-hydrogen) atoms. The van der Waals surface area contributed by atoms with Gasteiger partial charge >= 0.3 is 0 Å². The van der Waals surface area contributed by atoms with Crippen molar-refractivity contribution in [2.75, 3.05) is 26.7 Å². The number of pyridine rings is 1. The lowest BCUT2D eigenvalue weighted by Crippen LogP contribution is -2.30. The summed E-state index contributed by atoms with van der Waals surface area (Å²) in [5, 5.41) is 0. The summed E-state index contributed by atoms with van der Waals surface area (Å²) in [5.74, 6) is 0. The maximum absolute atomic E-state index is 5.61.